The highest BCUT2D eigenvalue weighted by Crippen LogP contribution is 2.40. The highest BCUT2D eigenvalue weighted by molar-refractivity contribution is 5.69. The molecule has 0 radical (unpaired) electrons. The summed E-state index contributed by atoms with van der Waals surface area (Å²) in [5, 5.41) is 10.6. The molecule has 1 aromatic carbocycles. The minimum atomic E-state index is -4.40. The molecule has 0 aliphatic heterocycles. The lowest BCUT2D eigenvalue weighted by Gasteiger charge is -2.20. The maximum atomic E-state index is 12.9. The lowest BCUT2D eigenvalue weighted by Crippen LogP contribution is -2.18. The first-order valence-electron chi connectivity index (χ1n) is 12.5. The molecular weight excluding hydrogens is 457 g/mol. The molecule has 1 aliphatic carbocycles. The van der Waals surface area contributed by atoms with Gasteiger partial charge in [-0.3, -0.25) is 4.79 Å². The van der Waals surface area contributed by atoms with Crippen LogP contribution in [0, 0.1) is 23.7 Å². The van der Waals surface area contributed by atoms with Crippen LogP contribution in [-0.4, -0.2) is 29.9 Å². The predicted octanol–water partition coefficient (Wildman–Crippen LogP) is 6.98. The summed E-state index contributed by atoms with van der Waals surface area (Å²) >= 11 is 0. The van der Waals surface area contributed by atoms with Crippen LogP contribution in [0.5, 0.6) is 5.75 Å². The van der Waals surface area contributed by atoms with Gasteiger partial charge in [0, 0.05) is 12.3 Å². The van der Waals surface area contributed by atoms with E-state index in [2.05, 4.69) is 25.2 Å². The summed E-state index contributed by atoms with van der Waals surface area (Å²) in [6.45, 7) is 8.03. The minimum Gasteiger partial charge on any atom is -0.493 e. The Labute approximate surface area is 207 Å². The Kier molecular flexibility index (Phi) is 11.3. The number of carbonyl (C=O) groups excluding carboxylic acids is 1. The molecule has 0 unspecified atom stereocenters. The molecule has 0 aromatic heterocycles. The molecule has 0 saturated heterocycles. The molecule has 5 atom stereocenters. The fraction of sp³-hybridized carbons (Fsp3) is 0.607. The van der Waals surface area contributed by atoms with Gasteiger partial charge < -0.3 is 14.6 Å². The normalized spacial score (nSPS) is 23.9. The van der Waals surface area contributed by atoms with Gasteiger partial charge >= 0.3 is 12.1 Å². The van der Waals surface area contributed by atoms with Crippen LogP contribution in [0.1, 0.15) is 65.4 Å². The van der Waals surface area contributed by atoms with Gasteiger partial charge in [0.2, 0.25) is 0 Å². The smallest absolute Gasteiger partial charge is 0.416 e. The number of aliphatic hydroxyl groups is 1. The van der Waals surface area contributed by atoms with Crippen LogP contribution >= 0.6 is 0 Å². The quantitative estimate of drug-likeness (QED) is 0.193. The fourth-order valence-electron chi connectivity index (χ4n) is 4.46. The average molecular weight is 497 g/mol. The Bertz CT molecular complexity index is 847. The molecule has 0 bridgehead atoms. The largest absolute Gasteiger partial charge is 0.493 e. The van der Waals surface area contributed by atoms with Gasteiger partial charge in [-0.2, -0.15) is 13.2 Å². The van der Waals surface area contributed by atoms with Gasteiger partial charge in [0.25, 0.3) is 0 Å². The van der Waals surface area contributed by atoms with Gasteiger partial charge in [-0.1, -0.05) is 44.2 Å². The number of rotatable bonds is 12. The van der Waals surface area contributed by atoms with Crippen molar-refractivity contribution in [3.8, 4) is 5.75 Å². The number of benzene rings is 1. The Morgan fingerprint density at radius 3 is 2.66 bits per heavy atom. The van der Waals surface area contributed by atoms with E-state index in [-0.39, 0.29) is 48.3 Å². The SMILES string of the molecule is CC(C)OC(=O)CCC/C=C\C[C@@H]1[C@@H](/C=C/[C@@H](C)COc2cccc(C(F)(F)F)c2)[C@H](C)C[C@@H]1O. The zero-order valence-electron chi connectivity index (χ0n) is 21.1. The van der Waals surface area contributed by atoms with Gasteiger partial charge in [0.1, 0.15) is 5.75 Å². The van der Waals surface area contributed by atoms with Crippen LogP contribution in [0.15, 0.2) is 48.6 Å². The number of esters is 1. The molecular formula is C28H39F3O4. The molecule has 35 heavy (non-hydrogen) atoms. The number of hydrogen-bond acceptors (Lipinski definition) is 4. The van der Waals surface area contributed by atoms with E-state index < -0.39 is 11.7 Å². The van der Waals surface area contributed by atoms with E-state index in [0.717, 1.165) is 37.8 Å². The Morgan fingerprint density at radius 1 is 1.23 bits per heavy atom. The molecule has 7 heteroatoms. The minimum absolute atomic E-state index is 0.0104. The van der Waals surface area contributed by atoms with E-state index in [0.29, 0.717) is 12.3 Å². The summed E-state index contributed by atoms with van der Waals surface area (Å²) in [5.41, 5.74) is -0.724. The van der Waals surface area contributed by atoms with Crippen molar-refractivity contribution >= 4 is 5.97 Å². The Hall–Kier alpha value is -2.28. The Balaban J connectivity index is 1.82. The average Bonchev–Trinajstić information content (AvgIpc) is 3.04. The van der Waals surface area contributed by atoms with E-state index in [1.807, 2.05) is 26.8 Å². The number of alkyl halides is 3. The molecule has 0 spiro atoms. The van der Waals surface area contributed by atoms with Crippen molar-refractivity contribution in [1.82, 2.24) is 0 Å². The summed E-state index contributed by atoms with van der Waals surface area (Å²) in [7, 11) is 0. The summed E-state index contributed by atoms with van der Waals surface area (Å²) in [4.78, 5) is 11.6. The van der Waals surface area contributed by atoms with E-state index in [9.17, 15) is 23.1 Å². The predicted molar refractivity (Wildman–Crippen MR) is 131 cm³/mol. The molecule has 1 saturated carbocycles. The first-order chi connectivity index (χ1) is 16.5. The molecule has 1 aromatic rings. The number of halogens is 3. The lowest BCUT2D eigenvalue weighted by atomic mass is 9.86. The first-order valence-corrected chi connectivity index (χ1v) is 12.5. The molecule has 4 nitrogen and oxygen atoms in total. The second kappa shape index (κ2) is 13.7. The standard InChI is InChI=1S/C28H39F3O4/c1-19(2)35-27(33)13-8-6-5-7-12-25-24(21(4)16-26(25)32)15-14-20(3)18-34-23-11-9-10-22(17-23)28(29,30)31/h5,7,9-11,14-15,17,19-21,24-26,32H,6,8,12-13,16,18H2,1-4H3/b7-5-,15-14+/t20-,21-,24+,25-,26+/m1/s1. The van der Waals surface area contributed by atoms with Crippen molar-refractivity contribution in [2.75, 3.05) is 6.61 Å². The number of aliphatic hydroxyl groups excluding tert-OH is 1. The van der Waals surface area contributed by atoms with E-state index in [1.54, 1.807) is 0 Å². The van der Waals surface area contributed by atoms with Crippen LogP contribution in [0.4, 0.5) is 13.2 Å². The van der Waals surface area contributed by atoms with Crippen LogP contribution in [0.3, 0.4) is 0 Å². The second-order valence-electron chi connectivity index (χ2n) is 9.86. The fourth-order valence-corrected chi connectivity index (χ4v) is 4.46. The molecule has 1 aliphatic rings. The lowest BCUT2D eigenvalue weighted by molar-refractivity contribution is -0.147. The third-order valence-corrected chi connectivity index (χ3v) is 6.29. The van der Waals surface area contributed by atoms with Gasteiger partial charge in [-0.05, 0) is 75.5 Å². The van der Waals surface area contributed by atoms with Crippen molar-refractivity contribution in [3.05, 3.63) is 54.1 Å². The first kappa shape index (κ1) is 29.0. The highest BCUT2D eigenvalue weighted by Gasteiger charge is 2.37. The van der Waals surface area contributed by atoms with Gasteiger partial charge in [-0.25, -0.2) is 0 Å². The van der Waals surface area contributed by atoms with Crippen molar-refractivity contribution in [2.45, 2.75) is 78.2 Å². The summed E-state index contributed by atoms with van der Waals surface area (Å²) in [5.74, 6) is 0.694. The van der Waals surface area contributed by atoms with Gasteiger partial charge in [0.05, 0.1) is 24.4 Å². The molecule has 0 amide bonds. The number of unbranched alkanes of at least 4 members (excludes halogenated alkanes) is 1. The van der Waals surface area contributed by atoms with E-state index in [1.165, 1.54) is 12.1 Å². The second-order valence-corrected chi connectivity index (χ2v) is 9.86. The maximum Gasteiger partial charge on any atom is 0.416 e. The molecule has 196 valence electrons. The van der Waals surface area contributed by atoms with Crippen LogP contribution in [-0.2, 0) is 15.7 Å². The summed E-state index contributed by atoms with van der Waals surface area (Å²) < 4.78 is 49.3. The number of ether oxygens (including phenoxy) is 2. The highest BCUT2D eigenvalue weighted by atomic mass is 19.4. The molecule has 0 heterocycles. The zero-order valence-corrected chi connectivity index (χ0v) is 21.1. The number of allylic oxidation sites excluding steroid dienone is 3. The van der Waals surface area contributed by atoms with Crippen molar-refractivity contribution in [1.29, 1.82) is 0 Å². The van der Waals surface area contributed by atoms with Crippen LogP contribution in [0.2, 0.25) is 0 Å². The van der Waals surface area contributed by atoms with Crippen molar-refractivity contribution in [2.24, 2.45) is 23.7 Å². The van der Waals surface area contributed by atoms with Gasteiger partial charge in [-0.15, -0.1) is 0 Å². The third kappa shape index (κ3) is 10.1. The zero-order chi connectivity index (χ0) is 26.0. The molecule has 2 rings (SSSR count). The van der Waals surface area contributed by atoms with Crippen molar-refractivity contribution < 1.29 is 32.5 Å². The van der Waals surface area contributed by atoms with E-state index >= 15 is 0 Å². The third-order valence-electron chi connectivity index (χ3n) is 6.29. The van der Waals surface area contributed by atoms with Crippen LogP contribution in [0.25, 0.3) is 0 Å². The summed E-state index contributed by atoms with van der Waals surface area (Å²) in [6.07, 6.45) is 6.86. The number of hydrogen-bond donors (Lipinski definition) is 1. The van der Waals surface area contributed by atoms with Gasteiger partial charge in [0.15, 0.2) is 0 Å². The molecule has 1 N–H and O–H groups in total. The van der Waals surface area contributed by atoms with E-state index in [4.69, 9.17) is 9.47 Å². The molecule has 1 fully saturated rings. The maximum absolute atomic E-state index is 12.9. The Morgan fingerprint density at radius 2 is 1.97 bits per heavy atom. The topological polar surface area (TPSA) is 55.8 Å². The number of carbonyl (C=O) groups is 1. The monoisotopic (exact) mass is 496 g/mol. The van der Waals surface area contributed by atoms with Crippen molar-refractivity contribution in [3.63, 3.8) is 0 Å². The van der Waals surface area contributed by atoms with Crippen LogP contribution < -0.4 is 4.74 Å². The summed E-state index contributed by atoms with van der Waals surface area (Å²) in [6, 6.07) is 4.91.